The summed E-state index contributed by atoms with van der Waals surface area (Å²) in [6.45, 7) is 8.84. The minimum atomic E-state index is -4.50. The Hall–Kier alpha value is -3.11. The third-order valence-electron chi connectivity index (χ3n) is 6.23. The molecule has 38 heavy (non-hydrogen) atoms. The van der Waals surface area contributed by atoms with E-state index in [0.29, 0.717) is 5.56 Å². The molecular weight excluding hydrogens is 499 g/mol. The summed E-state index contributed by atoms with van der Waals surface area (Å²) in [5.74, 6) is -0.564. The molecule has 3 rings (SSSR count). The molecule has 1 aliphatic heterocycles. The van der Waals surface area contributed by atoms with Crippen LogP contribution in [0.25, 0.3) is 0 Å². The molecule has 2 aromatic rings. The summed E-state index contributed by atoms with van der Waals surface area (Å²) in [4.78, 5) is 27.6. The van der Waals surface area contributed by atoms with Crippen molar-refractivity contribution < 1.29 is 32.6 Å². The summed E-state index contributed by atoms with van der Waals surface area (Å²) >= 11 is 0. The van der Waals surface area contributed by atoms with E-state index < -0.39 is 53.7 Å². The molecular formula is C28H36F3N3O4. The van der Waals surface area contributed by atoms with Crippen molar-refractivity contribution in [2.24, 2.45) is 5.92 Å². The molecule has 0 bridgehead atoms. The number of ether oxygens (including phenoxy) is 1. The van der Waals surface area contributed by atoms with Crippen LogP contribution in [0.4, 0.5) is 18.0 Å². The Bertz CT molecular complexity index is 1100. The van der Waals surface area contributed by atoms with E-state index in [9.17, 15) is 27.9 Å². The van der Waals surface area contributed by atoms with Crippen LogP contribution in [-0.2, 0) is 28.7 Å². The van der Waals surface area contributed by atoms with Gasteiger partial charge in [-0.25, -0.2) is 4.79 Å². The molecule has 0 aromatic heterocycles. The van der Waals surface area contributed by atoms with E-state index in [4.69, 9.17) is 4.74 Å². The van der Waals surface area contributed by atoms with Crippen molar-refractivity contribution in [3.63, 3.8) is 0 Å². The van der Waals surface area contributed by atoms with Crippen molar-refractivity contribution >= 4 is 12.0 Å². The molecule has 3 N–H and O–H groups in total. The Balaban J connectivity index is 1.85. The van der Waals surface area contributed by atoms with Gasteiger partial charge in [-0.15, -0.1) is 0 Å². The number of alkyl carbamates (subject to hydrolysis) is 1. The van der Waals surface area contributed by atoms with E-state index in [2.05, 4.69) is 10.6 Å². The summed E-state index contributed by atoms with van der Waals surface area (Å²) in [7, 11) is 0. The van der Waals surface area contributed by atoms with Crippen LogP contribution in [0.1, 0.15) is 51.3 Å². The Morgan fingerprint density at radius 2 is 1.71 bits per heavy atom. The van der Waals surface area contributed by atoms with E-state index in [0.717, 1.165) is 17.7 Å². The van der Waals surface area contributed by atoms with Gasteiger partial charge in [0.25, 0.3) is 0 Å². The largest absolute Gasteiger partial charge is 0.444 e. The molecule has 1 saturated heterocycles. The van der Waals surface area contributed by atoms with Gasteiger partial charge in [-0.1, -0.05) is 56.3 Å². The molecule has 1 fully saturated rings. The molecule has 2 amide bonds. The van der Waals surface area contributed by atoms with Gasteiger partial charge in [0.2, 0.25) is 5.91 Å². The number of nitrogens with one attached hydrogen (secondary N) is 2. The lowest BCUT2D eigenvalue weighted by Crippen LogP contribution is -2.55. The number of halogens is 3. The van der Waals surface area contributed by atoms with E-state index in [1.807, 2.05) is 44.2 Å². The number of nitrogens with zero attached hydrogens (tertiary/aromatic N) is 1. The summed E-state index contributed by atoms with van der Waals surface area (Å²) in [5, 5.41) is 17.3. The molecule has 10 heteroatoms. The molecule has 1 heterocycles. The van der Waals surface area contributed by atoms with Gasteiger partial charge in [0, 0.05) is 6.54 Å². The van der Waals surface area contributed by atoms with Crippen LogP contribution in [0.3, 0.4) is 0 Å². The van der Waals surface area contributed by atoms with Crippen LogP contribution in [-0.4, -0.2) is 52.0 Å². The van der Waals surface area contributed by atoms with Gasteiger partial charge in [0.1, 0.15) is 11.6 Å². The second-order valence-electron chi connectivity index (χ2n) is 10.9. The van der Waals surface area contributed by atoms with Crippen molar-refractivity contribution in [3.8, 4) is 0 Å². The third kappa shape index (κ3) is 7.70. The summed E-state index contributed by atoms with van der Waals surface area (Å²) in [5.41, 5.74) is -0.405. The fourth-order valence-corrected chi connectivity index (χ4v) is 4.49. The van der Waals surface area contributed by atoms with Crippen LogP contribution in [0.2, 0.25) is 0 Å². The van der Waals surface area contributed by atoms with Gasteiger partial charge in [0.15, 0.2) is 0 Å². The lowest BCUT2D eigenvalue weighted by molar-refractivity contribution is -0.137. The van der Waals surface area contributed by atoms with Gasteiger partial charge >= 0.3 is 12.3 Å². The Labute approximate surface area is 221 Å². The number of carbonyl (C=O) groups is 2. The SMILES string of the molecule is CC(C)C1N[C@@H]([C@@H](O)[C@H](Cc2ccccc2)NC(=O)OC(C)(C)C)C(=O)N1Cc1cccc(C(F)(F)F)c1. The van der Waals surface area contributed by atoms with Crippen molar-refractivity contribution in [2.45, 2.75) is 83.7 Å². The summed E-state index contributed by atoms with van der Waals surface area (Å²) in [6, 6.07) is 12.1. The van der Waals surface area contributed by atoms with Crippen LogP contribution >= 0.6 is 0 Å². The predicted molar refractivity (Wildman–Crippen MR) is 137 cm³/mol. The van der Waals surface area contributed by atoms with Gasteiger partial charge in [-0.3, -0.25) is 10.1 Å². The molecule has 2 aromatic carbocycles. The molecule has 208 valence electrons. The summed E-state index contributed by atoms with van der Waals surface area (Å²) in [6.07, 6.45) is -6.88. The van der Waals surface area contributed by atoms with Crippen molar-refractivity contribution in [2.75, 3.05) is 0 Å². The van der Waals surface area contributed by atoms with Crippen LogP contribution in [0, 0.1) is 5.92 Å². The molecule has 0 saturated carbocycles. The quantitative estimate of drug-likeness (QED) is 0.464. The first-order valence-electron chi connectivity index (χ1n) is 12.6. The molecule has 7 nitrogen and oxygen atoms in total. The highest BCUT2D eigenvalue weighted by Crippen LogP contribution is 2.31. The smallest absolute Gasteiger partial charge is 0.416 e. The number of rotatable bonds is 8. The van der Waals surface area contributed by atoms with E-state index in [1.165, 1.54) is 17.0 Å². The monoisotopic (exact) mass is 535 g/mol. The lowest BCUT2D eigenvalue weighted by Gasteiger charge is -2.29. The number of alkyl halides is 3. The number of aliphatic hydroxyl groups excluding tert-OH is 1. The Morgan fingerprint density at radius 3 is 2.29 bits per heavy atom. The van der Waals surface area contributed by atoms with Gasteiger partial charge in [-0.05, 0) is 56.4 Å². The number of amides is 2. The maximum atomic E-state index is 13.6. The zero-order valence-corrected chi connectivity index (χ0v) is 22.3. The average molecular weight is 536 g/mol. The molecule has 1 unspecified atom stereocenters. The minimum absolute atomic E-state index is 0.0648. The fourth-order valence-electron chi connectivity index (χ4n) is 4.49. The van der Waals surface area contributed by atoms with Crippen LogP contribution in [0.15, 0.2) is 54.6 Å². The molecule has 4 atom stereocenters. The average Bonchev–Trinajstić information content (AvgIpc) is 3.13. The second kappa shape index (κ2) is 11.7. The first kappa shape index (κ1) is 29.4. The Morgan fingerprint density at radius 1 is 1.08 bits per heavy atom. The molecule has 0 aliphatic carbocycles. The molecule has 0 spiro atoms. The highest BCUT2D eigenvalue weighted by atomic mass is 19.4. The lowest BCUT2D eigenvalue weighted by atomic mass is 9.96. The first-order valence-corrected chi connectivity index (χ1v) is 12.6. The highest BCUT2D eigenvalue weighted by Gasteiger charge is 2.46. The topological polar surface area (TPSA) is 90.9 Å². The first-order chi connectivity index (χ1) is 17.7. The standard InChI is InChI=1S/C28H36F3N3O4/c1-17(2)24-33-22(25(36)34(24)16-19-12-9-13-20(14-19)28(29,30)31)23(35)21(15-18-10-7-6-8-11-18)32-26(37)38-27(3,4)5/h6-14,17,21-24,33,35H,15-16H2,1-5H3,(H,32,37)/t21-,22-,23-,24?/m0/s1. The van der Waals surface area contributed by atoms with Crippen molar-refractivity contribution in [3.05, 3.63) is 71.3 Å². The van der Waals surface area contributed by atoms with Gasteiger partial charge < -0.3 is 20.1 Å². The predicted octanol–water partition coefficient (Wildman–Crippen LogP) is 4.48. The maximum Gasteiger partial charge on any atom is 0.416 e. The van der Waals surface area contributed by atoms with Crippen LogP contribution < -0.4 is 10.6 Å². The van der Waals surface area contributed by atoms with Crippen molar-refractivity contribution in [1.29, 1.82) is 0 Å². The van der Waals surface area contributed by atoms with Gasteiger partial charge in [-0.2, -0.15) is 13.2 Å². The second-order valence-corrected chi connectivity index (χ2v) is 10.9. The normalized spacial score (nSPS) is 19.9. The zero-order chi connectivity index (χ0) is 28.3. The van der Waals surface area contributed by atoms with Crippen LogP contribution in [0.5, 0.6) is 0 Å². The maximum absolute atomic E-state index is 13.6. The van der Waals surface area contributed by atoms with E-state index in [-0.39, 0.29) is 18.9 Å². The highest BCUT2D eigenvalue weighted by molar-refractivity contribution is 5.85. The van der Waals surface area contributed by atoms with E-state index >= 15 is 0 Å². The number of hydrogen-bond acceptors (Lipinski definition) is 5. The fraction of sp³-hybridized carbons (Fsp3) is 0.500. The van der Waals surface area contributed by atoms with E-state index in [1.54, 1.807) is 20.8 Å². The number of hydrogen-bond donors (Lipinski definition) is 3. The Kier molecular flexibility index (Phi) is 9.09. The number of benzene rings is 2. The zero-order valence-electron chi connectivity index (χ0n) is 22.3. The van der Waals surface area contributed by atoms with Gasteiger partial charge in [0.05, 0.1) is 23.9 Å². The number of carbonyl (C=O) groups excluding carboxylic acids is 2. The van der Waals surface area contributed by atoms with Crippen molar-refractivity contribution in [1.82, 2.24) is 15.5 Å². The third-order valence-corrected chi connectivity index (χ3v) is 6.23. The minimum Gasteiger partial charge on any atom is -0.444 e. The number of aliphatic hydroxyl groups is 1. The molecule has 0 radical (unpaired) electrons. The molecule has 1 aliphatic rings. The summed E-state index contributed by atoms with van der Waals surface area (Å²) < 4.78 is 45.1.